The average Bonchev–Trinajstić information content (AvgIpc) is 2.49. The van der Waals surface area contributed by atoms with Gasteiger partial charge in [-0.1, -0.05) is 11.6 Å². The third-order valence-electron chi connectivity index (χ3n) is 3.32. The van der Waals surface area contributed by atoms with Crippen molar-refractivity contribution in [1.29, 1.82) is 0 Å². The van der Waals surface area contributed by atoms with E-state index >= 15 is 0 Å². The first-order valence-corrected chi connectivity index (χ1v) is 7.00. The summed E-state index contributed by atoms with van der Waals surface area (Å²) in [6.07, 6.45) is 0.532. The molecule has 6 heteroatoms. The fraction of sp³-hybridized carbons (Fsp3) is 0.500. The number of morpholine rings is 1. The molecule has 0 aromatic heterocycles. The fourth-order valence-corrected chi connectivity index (χ4v) is 2.32. The molecule has 1 aromatic rings. The van der Waals surface area contributed by atoms with Crippen LogP contribution in [0.25, 0.3) is 0 Å². The molecule has 0 aliphatic carbocycles. The Morgan fingerprint density at radius 1 is 1.35 bits per heavy atom. The van der Waals surface area contributed by atoms with Crippen molar-refractivity contribution in [3.05, 3.63) is 34.1 Å². The Kier molecular flexibility index (Phi) is 5.34. The van der Waals surface area contributed by atoms with Crippen LogP contribution in [0.15, 0.2) is 12.1 Å². The van der Waals surface area contributed by atoms with E-state index in [0.29, 0.717) is 24.1 Å². The highest BCUT2D eigenvalue weighted by molar-refractivity contribution is 6.31. The molecule has 0 atom stereocenters. The van der Waals surface area contributed by atoms with Crippen molar-refractivity contribution < 1.29 is 13.9 Å². The van der Waals surface area contributed by atoms with Crippen LogP contribution in [0.2, 0.25) is 5.02 Å². The summed E-state index contributed by atoms with van der Waals surface area (Å²) in [6.45, 7) is 4.38. The molecular weight excluding hydrogens is 283 g/mol. The molecule has 0 saturated carbocycles. The van der Waals surface area contributed by atoms with Crippen LogP contribution in [0, 0.1) is 5.82 Å². The Balaban J connectivity index is 0.000000205. The number of nitrogens with one attached hydrogen (secondary N) is 1. The van der Waals surface area contributed by atoms with Gasteiger partial charge in [-0.3, -0.25) is 4.79 Å². The van der Waals surface area contributed by atoms with Gasteiger partial charge in [-0.05, 0) is 18.6 Å². The van der Waals surface area contributed by atoms with Crippen LogP contribution < -0.4 is 5.32 Å². The van der Waals surface area contributed by atoms with Crippen molar-refractivity contribution in [2.45, 2.75) is 6.42 Å². The number of carbonyl (C=O) groups is 1. The largest absolute Gasteiger partial charge is 0.379 e. The number of ether oxygens (including phenoxy) is 1. The highest BCUT2D eigenvalue weighted by Gasteiger charge is 2.24. The third-order valence-corrected chi connectivity index (χ3v) is 3.61. The Labute approximate surface area is 122 Å². The number of nitrogens with zero attached hydrogens (tertiary/aromatic N) is 1. The molecule has 1 amide bonds. The molecule has 110 valence electrons. The minimum atomic E-state index is -0.453. The zero-order valence-corrected chi connectivity index (χ0v) is 12.2. The Bertz CT molecular complexity index is 481. The highest BCUT2D eigenvalue weighted by Crippen LogP contribution is 2.26. The van der Waals surface area contributed by atoms with Gasteiger partial charge in [-0.2, -0.15) is 0 Å². The topological polar surface area (TPSA) is 41.6 Å². The molecule has 1 aromatic carbocycles. The maximum atomic E-state index is 13.5. The standard InChI is InChI=1S/C10H9ClFNO.C4H9NO/c1-13-5-4-6-7(10(13)14)2-3-8(11)9(6)12;1-3-6-4-2-5-1/h2-3H,4-5H2,1H3;5H,1-4H2. The van der Waals surface area contributed by atoms with Crippen molar-refractivity contribution >= 4 is 17.5 Å². The second kappa shape index (κ2) is 7.02. The average molecular weight is 301 g/mol. The second-order valence-electron chi connectivity index (χ2n) is 4.73. The fourth-order valence-electron chi connectivity index (χ4n) is 2.14. The minimum absolute atomic E-state index is 0.0844. The van der Waals surface area contributed by atoms with Crippen LogP contribution >= 0.6 is 11.6 Å². The number of carbonyl (C=O) groups excluding carboxylic acids is 1. The number of rotatable bonds is 0. The van der Waals surface area contributed by atoms with Gasteiger partial charge in [0.15, 0.2) is 0 Å². The monoisotopic (exact) mass is 300 g/mol. The van der Waals surface area contributed by atoms with E-state index < -0.39 is 5.82 Å². The van der Waals surface area contributed by atoms with Gasteiger partial charge in [0.1, 0.15) is 5.82 Å². The summed E-state index contributed by atoms with van der Waals surface area (Å²) in [6, 6.07) is 3.01. The predicted molar refractivity (Wildman–Crippen MR) is 75.8 cm³/mol. The van der Waals surface area contributed by atoms with Crippen LogP contribution in [0.4, 0.5) is 4.39 Å². The van der Waals surface area contributed by atoms with E-state index in [1.54, 1.807) is 18.0 Å². The molecule has 20 heavy (non-hydrogen) atoms. The van der Waals surface area contributed by atoms with E-state index in [1.165, 1.54) is 6.07 Å². The summed E-state index contributed by atoms with van der Waals surface area (Å²) in [4.78, 5) is 13.2. The second-order valence-corrected chi connectivity index (χ2v) is 5.13. The van der Waals surface area contributed by atoms with Crippen LogP contribution in [0.1, 0.15) is 15.9 Å². The number of halogens is 2. The van der Waals surface area contributed by atoms with E-state index in [0.717, 1.165) is 26.3 Å². The zero-order chi connectivity index (χ0) is 14.5. The Morgan fingerprint density at radius 2 is 2.05 bits per heavy atom. The summed E-state index contributed by atoms with van der Waals surface area (Å²) in [7, 11) is 1.71. The highest BCUT2D eigenvalue weighted by atomic mass is 35.5. The summed E-state index contributed by atoms with van der Waals surface area (Å²) in [5.74, 6) is -0.590. The molecule has 1 fully saturated rings. The van der Waals surface area contributed by atoms with Gasteiger partial charge in [0.05, 0.1) is 18.2 Å². The smallest absolute Gasteiger partial charge is 0.253 e. The number of likely N-dealkylation sites (N-methyl/N-ethyl adjacent to an activating group) is 1. The summed E-state index contributed by atoms with van der Waals surface area (Å²) in [5, 5.41) is 3.24. The van der Waals surface area contributed by atoms with Gasteiger partial charge in [0.2, 0.25) is 0 Å². The van der Waals surface area contributed by atoms with Gasteiger partial charge in [0, 0.05) is 37.8 Å². The lowest BCUT2D eigenvalue weighted by molar-refractivity contribution is 0.0779. The lowest BCUT2D eigenvalue weighted by Gasteiger charge is -2.25. The Hall–Kier alpha value is -1.17. The normalized spacial score (nSPS) is 18.1. The van der Waals surface area contributed by atoms with E-state index in [2.05, 4.69) is 5.32 Å². The summed E-state index contributed by atoms with van der Waals surface area (Å²) >= 11 is 5.63. The molecule has 0 unspecified atom stereocenters. The van der Waals surface area contributed by atoms with E-state index in [1.807, 2.05) is 0 Å². The van der Waals surface area contributed by atoms with Crippen molar-refractivity contribution in [2.24, 2.45) is 0 Å². The van der Waals surface area contributed by atoms with E-state index in [9.17, 15) is 9.18 Å². The Morgan fingerprint density at radius 3 is 2.60 bits per heavy atom. The molecule has 2 aliphatic rings. The number of fused-ring (bicyclic) bond motifs is 1. The molecule has 1 N–H and O–H groups in total. The molecule has 0 radical (unpaired) electrons. The predicted octanol–water partition coefficient (Wildman–Crippen LogP) is 1.71. The van der Waals surface area contributed by atoms with Crippen molar-refractivity contribution in [2.75, 3.05) is 39.9 Å². The van der Waals surface area contributed by atoms with Crippen LogP contribution in [-0.4, -0.2) is 50.7 Å². The van der Waals surface area contributed by atoms with Crippen molar-refractivity contribution in [1.82, 2.24) is 10.2 Å². The van der Waals surface area contributed by atoms with Crippen LogP contribution in [0.5, 0.6) is 0 Å². The van der Waals surface area contributed by atoms with Gasteiger partial charge in [0.25, 0.3) is 5.91 Å². The first-order chi connectivity index (χ1) is 9.61. The number of amides is 1. The van der Waals surface area contributed by atoms with E-state index in [4.69, 9.17) is 16.3 Å². The van der Waals surface area contributed by atoms with Crippen molar-refractivity contribution in [3.63, 3.8) is 0 Å². The number of hydrogen-bond acceptors (Lipinski definition) is 3. The van der Waals surface area contributed by atoms with Crippen LogP contribution in [0.3, 0.4) is 0 Å². The quantitative estimate of drug-likeness (QED) is 0.793. The molecule has 2 heterocycles. The maximum absolute atomic E-state index is 13.5. The molecule has 1 saturated heterocycles. The van der Waals surface area contributed by atoms with Crippen LogP contribution in [-0.2, 0) is 11.2 Å². The summed E-state index contributed by atoms with van der Waals surface area (Å²) < 4.78 is 18.5. The SMILES string of the molecule is C1COCCN1.CN1CCc2c(ccc(Cl)c2F)C1=O. The number of benzene rings is 1. The number of hydrogen-bond donors (Lipinski definition) is 1. The molecule has 0 spiro atoms. The van der Waals surface area contributed by atoms with Gasteiger partial charge >= 0.3 is 0 Å². The molecule has 4 nitrogen and oxygen atoms in total. The first-order valence-electron chi connectivity index (χ1n) is 6.62. The van der Waals surface area contributed by atoms with Gasteiger partial charge < -0.3 is 15.0 Å². The molecule has 0 bridgehead atoms. The zero-order valence-electron chi connectivity index (χ0n) is 11.4. The molecular formula is C14H18ClFN2O2. The minimum Gasteiger partial charge on any atom is -0.379 e. The summed E-state index contributed by atoms with van der Waals surface area (Å²) in [5.41, 5.74) is 0.876. The molecule has 2 aliphatic heterocycles. The van der Waals surface area contributed by atoms with E-state index in [-0.39, 0.29) is 10.9 Å². The van der Waals surface area contributed by atoms with Crippen molar-refractivity contribution in [3.8, 4) is 0 Å². The first kappa shape index (κ1) is 15.2. The lowest BCUT2D eigenvalue weighted by Crippen LogP contribution is -2.34. The van der Waals surface area contributed by atoms with Gasteiger partial charge in [-0.25, -0.2) is 4.39 Å². The lowest BCUT2D eigenvalue weighted by atomic mass is 9.99. The molecule has 3 rings (SSSR count). The van der Waals surface area contributed by atoms with Gasteiger partial charge in [-0.15, -0.1) is 0 Å². The third kappa shape index (κ3) is 3.48. The maximum Gasteiger partial charge on any atom is 0.253 e.